The van der Waals surface area contributed by atoms with Crippen molar-refractivity contribution in [2.24, 2.45) is 0 Å². The number of ketones is 1. The van der Waals surface area contributed by atoms with Gasteiger partial charge in [-0.1, -0.05) is 23.2 Å². The van der Waals surface area contributed by atoms with E-state index in [0.29, 0.717) is 15.6 Å². The van der Waals surface area contributed by atoms with Crippen molar-refractivity contribution in [3.63, 3.8) is 0 Å². The second-order valence-corrected chi connectivity index (χ2v) is 3.86. The number of nitrogens with one attached hydrogen (secondary N) is 1. The lowest BCUT2D eigenvalue weighted by molar-refractivity contribution is -0.118. The second-order valence-electron chi connectivity index (χ2n) is 2.99. The lowest BCUT2D eigenvalue weighted by atomic mass is 10.1. The molecular formula is C10H9Cl2NO2. The predicted molar refractivity (Wildman–Crippen MR) is 59.5 cm³/mol. The molecule has 1 aromatic carbocycles. The predicted octanol–water partition coefficient (Wildman–Crippen LogP) is 2.31. The van der Waals surface area contributed by atoms with Crippen molar-refractivity contribution in [1.82, 2.24) is 5.32 Å². The molecule has 1 aromatic rings. The van der Waals surface area contributed by atoms with E-state index in [0.717, 1.165) is 0 Å². The standard InChI is InChI=1S/C10H9Cl2NO2/c1-6(14)13-5-10(15)7-2-8(11)4-9(12)3-7/h2-4H,5H2,1H3,(H,13,14). The van der Waals surface area contributed by atoms with Gasteiger partial charge in [-0.2, -0.15) is 0 Å². The average molecular weight is 246 g/mol. The number of carbonyl (C=O) groups is 2. The number of hydrogen-bond donors (Lipinski definition) is 1. The molecule has 0 saturated carbocycles. The summed E-state index contributed by atoms with van der Waals surface area (Å²) in [6, 6.07) is 4.56. The van der Waals surface area contributed by atoms with Crippen molar-refractivity contribution in [2.45, 2.75) is 6.92 Å². The molecule has 0 heterocycles. The van der Waals surface area contributed by atoms with E-state index in [9.17, 15) is 9.59 Å². The van der Waals surface area contributed by atoms with Crippen LogP contribution in [-0.2, 0) is 4.79 Å². The fraction of sp³-hybridized carbons (Fsp3) is 0.200. The summed E-state index contributed by atoms with van der Waals surface area (Å²) in [6.45, 7) is 1.30. The zero-order valence-electron chi connectivity index (χ0n) is 8.01. The molecule has 0 atom stereocenters. The van der Waals surface area contributed by atoms with E-state index in [1.807, 2.05) is 0 Å². The van der Waals surface area contributed by atoms with Crippen LogP contribution in [0.25, 0.3) is 0 Å². The number of benzene rings is 1. The summed E-state index contributed by atoms with van der Waals surface area (Å²) < 4.78 is 0. The number of rotatable bonds is 3. The van der Waals surface area contributed by atoms with Crippen LogP contribution < -0.4 is 5.32 Å². The first kappa shape index (κ1) is 12.0. The van der Waals surface area contributed by atoms with E-state index in [1.165, 1.54) is 25.1 Å². The van der Waals surface area contributed by atoms with Gasteiger partial charge in [-0.05, 0) is 18.2 Å². The molecule has 1 N–H and O–H groups in total. The molecule has 80 valence electrons. The fourth-order valence-corrected chi connectivity index (χ4v) is 1.55. The summed E-state index contributed by atoms with van der Waals surface area (Å²) in [7, 11) is 0. The van der Waals surface area contributed by atoms with Crippen LogP contribution in [0.15, 0.2) is 18.2 Å². The molecule has 15 heavy (non-hydrogen) atoms. The molecule has 0 aliphatic rings. The van der Waals surface area contributed by atoms with E-state index in [-0.39, 0.29) is 18.2 Å². The van der Waals surface area contributed by atoms with Crippen LogP contribution in [0, 0.1) is 0 Å². The van der Waals surface area contributed by atoms with Gasteiger partial charge in [0.1, 0.15) is 0 Å². The minimum Gasteiger partial charge on any atom is -0.349 e. The van der Waals surface area contributed by atoms with E-state index in [1.54, 1.807) is 0 Å². The largest absolute Gasteiger partial charge is 0.349 e. The minimum absolute atomic E-state index is 0.0496. The Balaban J connectivity index is 2.77. The van der Waals surface area contributed by atoms with Crippen molar-refractivity contribution in [3.05, 3.63) is 33.8 Å². The van der Waals surface area contributed by atoms with E-state index < -0.39 is 0 Å². The molecule has 0 aliphatic carbocycles. The third-order valence-corrected chi connectivity index (χ3v) is 2.12. The third-order valence-electron chi connectivity index (χ3n) is 1.68. The van der Waals surface area contributed by atoms with Crippen LogP contribution in [0.4, 0.5) is 0 Å². The fourth-order valence-electron chi connectivity index (χ4n) is 1.02. The molecule has 0 unspecified atom stereocenters. The molecule has 5 heteroatoms. The molecule has 1 amide bonds. The monoisotopic (exact) mass is 245 g/mol. The Kier molecular flexibility index (Phi) is 4.12. The van der Waals surface area contributed by atoms with Gasteiger partial charge >= 0.3 is 0 Å². The van der Waals surface area contributed by atoms with Crippen molar-refractivity contribution in [2.75, 3.05) is 6.54 Å². The van der Waals surface area contributed by atoms with Crippen LogP contribution in [-0.4, -0.2) is 18.2 Å². The Bertz CT molecular complexity index is 384. The maximum Gasteiger partial charge on any atom is 0.217 e. The van der Waals surface area contributed by atoms with E-state index >= 15 is 0 Å². The highest BCUT2D eigenvalue weighted by Gasteiger charge is 2.08. The minimum atomic E-state index is -0.253. The van der Waals surface area contributed by atoms with Gasteiger partial charge in [0.2, 0.25) is 5.91 Å². The Morgan fingerprint density at radius 1 is 1.20 bits per heavy atom. The van der Waals surface area contributed by atoms with Crippen LogP contribution in [0.5, 0.6) is 0 Å². The van der Waals surface area contributed by atoms with Crippen LogP contribution >= 0.6 is 23.2 Å². The summed E-state index contributed by atoms with van der Waals surface area (Å²) in [5, 5.41) is 3.20. The molecule has 0 spiro atoms. The molecule has 3 nitrogen and oxygen atoms in total. The Morgan fingerprint density at radius 2 is 1.73 bits per heavy atom. The quantitative estimate of drug-likeness (QED) is 0.832. The number of amides is 1. The maximum absolute atomic E-state index is 11.5. The van der Waals surface area contributed by atoms with Crippen molar-refractivity contribution < 1.29 is 9.59 Å². The van der Waals surface area contributed by atoms with Gasteiger partial charge < -0.3 is 5.32 Å². The Labute approximate surface area is 97.4 Å². The van der Waals surface area contributed by atoms with Crippen LogP contribution in [0.3, 0.4) is 0 Å². The lowest BCUT2D eigenvalue weighted by Crippen LogP contribution is -2.27. The van der Waals surface area contributed by atoms with Gasteiger partial charge in [-0.3, -0.25) is 9.59 Å². The van der Waals surface area contributed by atoms with E-state index in [4.69, 9.17) is 23.2 Å². The van der Waals surface area contributed by atoms with Gasteiger partial charge in [-0.15, -0.1) is 0 Å². The molecule has 0 aromatic heterocycles. The first-order chi connectivity index (χ1) is 6.99. The van der Waals surface area contributed by atoms with Crippen molar-refractivity contribution in [1.29, 1.82) is 0 Å². The normalized spacial score (nSPS) is 9.80. The molecule has 0 saturated heterocycles. The smallest absolute Gasteiger partial charge is 0.217 e. The SMILES string of the molecule is CC(=O)NCC(=O)c1cc(Cl)cc(Cl)c1. The summed E-state index contributed by atoms with van der Waals surface area (Å²) in [6.07, 6.45) is 0. The first-order valence-corrected chi connectivity index (χ1v) is 4.98. The summed E-state index contributed by atoms with van der Waals surface area (Å²) in [5.41, 5.74) is 0.390. The topological polar surface area (TPSA) is 46.2 Å². The summed E-state index contributed by atoms with van der Waals surface area (Å²) in [4.78, 5) is 22.1. The zero-order chi connectivity index (χ0) is 11.4. The van der Waals surface area contributed by atoms with Crippen LogP contribution in [0.1, 0.15) is 17.3 Å². The maximum atomic E-state index is 11.5. The number of hydrogen-bond acceptors (Lipinski definition) is 2. The lowest BCUT2D eigenvalue weighted by Gasteiger charge is -2.03. The molecule has 1 rings (SSSR count). The Morgan fingerprint density at radius 3 is 2.20 bits per heavy atom. The van der Waals surface area contributed by atoms with E-state index in [2.05, 4.69) is 5.32 Å². The summed E-state index contributed by atoms with van der Waals surface area (Å²) >= 11 is 11.5. The summed E-state index contributed by atoms with van der Waals surface area (Å²) in [5.74, 6) is -0.480. The first-order valence-electron chi connectivity index (χ1n) is 4.23. The molecule has 0 radical (unpaired) electrons. The highest BCUT2D eigenvalue weighted by Crippen LogP contribution is 2.19. The number of Topliss-reactive ketones (excluding diaryl/α,β-unsaturated/α-hetero) is 1. The number of carbonyl (C=O) groups excluding carboxylic acids is 2. The highest BCUT2D eigenvalue weighted by atomic mass is 35.5. The van der Waals surface area contributed by atoms with Crippen molar-refractivity contribution >= 4 is 34.9 Å². The van der Waals surface area contributed by atoms with Gasteiger partial charge in [0.05, 0.1) is 6.54 Å². The molecule has 0 aliphatic heterocycles. The van der Waals surface area contributed by atoms with Gasteiger partial charge in [0, 0.05) is 22.5 Å². The molecule has 0 fully saturated rings. The van der Waals surface area contributed by atoms with Gasteiger partial charge in [0.25, 0.3) is 0 Å². The van der Waals surface area contributed by atoms with Crippen LogP contribution in [0.2, 0.25) is 10.0 Å². The van der Waals surface area contributed by atoms with Gasteiger partial charge in [0.15, 0.2) is 5.78 Å². The zero-order valence-corrected chi connectivity index (χ0v) is 9.52. The third kappa shape index (κ3) is 3.90. The highest BCUT2D eigenvalue weighted by molar-refractivity contribution is 6.35. The molecule has 0 bridgehead atoms. The average Bonchev–Trinajstić information content (AvgIpc) is 2.12. The Hall–Kier alpha value is -1.06. The van der Waals surface area contributed by atoms with Gasteiger partial charge in [-0.25, -0.2) is 0 Å². The van der Waals surface area contributed by atoms with Crippen molar-refractivity contribution in [3.8, 4) is 0 Å². The molecular weight excluding hydrogens is 237 g/mol. The second kappa shape index (κ2) is 5.14. The number of halogens is 2.